The van der Waals surface area contributed by atoms with E-state index in [0.29, 0.717) is 18.9 Å². The van der Waals surface area contributed by atoms with Crippen LogP contribution in [0.3, 0.4) is 0 Å². The van der Waals surface area contributed by atoms with Crippen LogP contribution in [0, 0.1) is 0 Å². The van der Waals surface area contributed by atoms with Gasteiger partial charge < -0.3 is 14.6 Å². The van der Waals surface area contributed by atoms with Crippen LogP contribution in [0.25, 0.3) is 33.2 Å². The highest BCUT2D eigenvalue weighted by molar-refractivity contribution is 6.02. The van der Waals surface area contributed by atoms with Crippen LogP contribution >= 0.6 is 0 Å². The van der Waals surface area contributed by atoms with E-state index < -0.39 is 0 Å². The molecule has 0 aliphatic carbocycles. The van der Waals surface area contributed by atoms with Crippen LogP contribution in [-0.2, 0) is 16.5 Å². The number of fused-ring (bicyclic) bond motifs is 3. The summed E-state index contributed by atoms with van der Waals surface area (Å²) in [4.78, 5) is 17.7. The summed E-state index contributed by atoms with van der Waals surface area (Å²) in [5.74, 6) is 0. The van der Waals surface area contributed by atoms with E-state index in [1.54, 1.807) is 11.6 Å². The maximum Gasteiger partial charge on any atom is 0.330 e. The van der Waals surface area contributed by atoms with E-state index in [1.165, 1.54) is 0 Å². The molecular formula is C24H27N5O4. The van der Waals surface area contributed by atoms with Gasteiger partial charge in [0.15, 0.2) is 5.65 Å². The normalized spacial score (nSPS) is 16.0. The Balaban J connectivity index is 1.60. The van der Waals surface area contributed by atoms with Gasteiger partial charge in [0.25, 0.3) is 0 Å². The maximum atomic E-state index is 13.1. The molecule has 3 aromatic heterocycles. The number of rotatable bonds is 6. The third-order valence-corrected chi connectivity index (χ3v) is 6.32. The van der Waals surface area contributed by atoms with Crippen molar-refractivity contribution in [2.24, 2.45) is 7.05 Å². The van der Waals surface area contributed by atoms with Crippen molar-refractivity contribution < 1.29 is 14.6 Å². The molecule has 0 bridgehead atoms. The molecule has 172 valence electrons. The first-order chi connectivity index (χ1) is 16.1. The van der Waals surface area contributed by atoms with Gasteiger partial charge in [-0.3, -0.25) is 14.1 Å². The molecule has 1 atom stereocenters. The molecule has 1 aliphatic rings. The minimum Gasteiger partial charge on any atom is -0.394 e. The van der Waals surface area contributed by atoms with E-state index in [-0.39, 0.29) is 31.0 Å². The van der Waals surface area contributed by atoms with Crippen LogP contribution in [0.1, 0.15) is 37.6 Å². The number of nitrogens with zero attached hydrogens (tertiary/aromatic N) is 5. The number of hydrogen-bond acceptors (Lipinski definition) is 7. The van der Waals surface area contributed by atoms with Gasteiger partial charge in [-0.1, -0.05) is 12.1 Å². The van der Waals surface area contributed by atoms with Crippen LogP contribution in [0.15, 0.2) is 41.3 Å². The molecule has 0 unspecified atom stereocenters. The standard InChI is InChI=1S/C24H27N5O4/c1-15(33-12-9-30)20-5-4-17(14-25-20)16-3-6-21-19(13-16)22-23(27-26-21)28(2)24(31)29(22)18-7-10-32-11-8-18/h3-6,13-15,18,30H,7-12H2,1-2H3/t15-/m1/s1. The Labute approximate surface area is 190 Å². The highest BCUT2D eigenvalue weighted by Crippen LogP contribution is 2.31. The molecule has 4 heterocycles. The fourth-order valence-corrected chi connectivity index (χ4v) is 4.49. The number of aromatic nitrogens is 5. The number of imidazole rings is 1. The van der Waals surface area contributed by atoms with Gasteiger partial charge in [0.05, 0.1) is 30.5 Å². The lowest BCUT2D eigenvalue weighted by Crippen LogP contribution is -2.29. The number of pyridine rings is 1. The molecule has 33 heavy (non-hydrogen) atoms. The lowest BCUT2D eigenvalue weighted by atomic mass is 10.0. The highest BCUT2D eigenvalue weighted by Gasteiger charge is 2.24. The van der Waals surface area contributed by atoms with Crippen molar-refractivity contribution in [2.75, 3.05) is 26.4 Å². The number of hydrogen-bond donors (Lipinski definition) is 1. The Morgan fingerprint density at radius 3 is 2.70 bits per heavy atom. The lowest BCUT2D eigenvalue weighted by Gasteiger charge is -2.23. The van der Waals surface area contributed by atoms with E-state index in [9.17, 15) is 4.79 Å². The molecule has 0 saturated carbocycles. The Morgan fingerprint density at radius 1 is 1.18 bits per heavy atom. The molecule has 1 fully saturated rings. The predicted octanol–water partition coefficient (Wildman–Crippen LogP) is 2.77. The summed E-state index contributed by atoms with van der Waals surface area (Å²) in [6.07, 6.45) is 3.21. The summed E-state index contributed by atoms with van der Waals surface area (Å²) in [7, 11) is 1.74. The van der Waals surface area contributed by atoms with Gasteiger partial charge in [-0.05, 0) is 43.5 Å². The topological polar surface area (TPSA) is 104 Å². The zero-order valence-corrected chi connectivity index (χ0v) is 18.8. The van der Waals surface area contributed by atoms with E-state index in [2.05, 4.69) is 21.2 Å². The molecule has 1 N–H and O–H groups in total. The number of benzene rings is 1. The van der Waals surface area contributed by atoms with Crippen molar-refractivity contribution in [3.05, 3.63) is 52.7 Å². The van der Waals surface area contributed by atoms with Crippen molar-refractivity contribution in [3.63, 3.8) is 0 Å². The predicted molar refractivity (Wildman–Crippen MR) is 124 cm³/mol. The molecule has 4 aromatic rings. The van der Waals surface area contributed by atoms with E-state index >= 15 is 0 Å². The molecule has 5 rings (SSSR count). The summed E-state index contributed by atoms with van der Waals surface area (Å²) in [6, 6.07) is 10.00. The molecule has 9 nitrogen and oxygen atoms in total. The molecule has 1 aliphatic heterocycles. The molecule has 1 aromatic carbocycles. The summed E-state index contributed by atoms with van der Waals surface area (Å²) in [5, 5.41) is 18.6. The smallest absolute Gasteiger partial charge is 0.330 e. The van der Waals surface area contributed by atoms with Crippen LogP contribution < -0.4 is 5.69 Å². The molecule has 0 amide bonds. The van der Waals surface area contributed by atoms with Crippen molar-refractivity contribution in [3.8, 4) is 11.1 Å². The van der Waals surface area contributed by atoms with Gasteiger partial charge in [0.1, 0.15) is 5.52 Å². The second-order valence-corrected chi connectivity index (χ2v) is 8.37. The Hall–Kier alpha value is -3.14. The zero-order chi connectivity index (χ0) is 22.9. The zero-order valence-electron chi connectivity index (χ0n) is 18.8. The fraction of sp³-hybridized carbons (Fsp3) is 0.417. The lowest BCUT2D eigenvalue weighted by molar-refractivity contribution is 0.0362. The van der Waals surface area contributed by atoms with Crippen molar-refractivity contribution >= 4 is 22.1 Å². The van der Waals surface area contributed by atoms with Crippen LogP contribution in [0.5, 0.6) is 0 Å². The Morgan fingerprint density at radius 2 is 1.97 bits per heavy atom. The third kappa shape index (κ3) is 3.92. The highest BCUT2D eigenvalue weighted by atomic mass is 16.5. The minimum absolute atomic E-state index is 0.0185. The Kier molecular flexibility index (Phi) is 5.92. The first-order valence-electron chi connectivity index (χ1n) is 11.2. The molecule has 0 radical (unpaired) electrons. The molecule has 1 saturated heterocycles. The second-order valence-electron chi connectivity index (χ2n) is 8.37. The fourth-order valence-electron chi connectivity index (χ4n) is 4.49. The SMILES string of the molecule is C[C@@H](OCCO)c1ccc(-c2ccc3nnc4c(c3c2)n(C2CCOCC2)c(=O)n4C)cn1. The van der Waals surface area contributed by atoms with Crippen LogP contribution in [0.4, 0.5) is 0 Å². The summed E-state index contributed by atoms with van der Waals surface area (Å²) < 4.78 is 14.5. The monoisotopic (exact) mass is 449 g/mol. The van der Waals surface area contributed by atoms with E-state index in [4.69, 9.17) is 14.6 Å². The van der Waals surface area contributed by atoms with Crippen LogP contribution in [-0.4, -0.2) is 55.8 Å². The first-order valence-corrected chi connectivity index (χ1v) is 11.2. The molecule has 0 spiro atoms. The van der Waals surface area contributed by atoms with Gasteiger partial charge in [0.2, 0.25) is 0 Å². The van der Waals surface area contributed by atoms with Gasteiger partial charge in [-0.25, -0.2) is 4.79 Å². The number of aryl methyl sites for hydroxylation is 1. The third-order valence-electron chi connectivity index (χ3n) is 6.32. The first kappa shape index (κ1) is 21.7. The number of ether oxygens (including phenoxy) is 2. The van der Waals surface area contributed by atoms with Gasteiger partial charge in [0, 0.05) is 43.4 Å². The summed E-state index contributed by atoms with van der Waals surface area (Å²) in [6.45, 7) is 3.46. The average molecular weight is 450 g/mol. The number of aliphatic hydroxyl groups is 1. The maximum absolute atomic E-state index is 13.1. The van der Waals surface area contributed by atoms with Gasteiger partial charge in [-0.2, -0.15) is 0 Å². The minimum atomic E-state index is -0.198. The summed E-state index contributed by atoms with van der Waals surface area (Å²) >= 11 is 0. The summed E-state index contributed by atoms with van der Waals surface area (Å²) in [5.41, 5.74) is 4.81. The Bertz CT molecular complexity index is 1340. The van der Waals surface area contributed by atoms with Crippen molar-refractivity contribution in [2.45, 2.75) is 31.9 Å². The van der Waals surface area contributed by atoms with Gasteiger partial charge in [-0.15, -0.1) is 10.2 Å². The van der Waals surface area contributed by atoms with Crippen molar-refractivity contribution in [1.29, 1.82) is 0 Å². The average Bonchev–Trinajstić information content (AvgIpc) is 3.13. The largest absolute Gasteiger partial charge is 0.394 e. The molecular weight excluding hydrogens is 422 g/mol. The van der Waals surface area contributed by atoms with E-state index in [0.717, 1.165) is 46.1 Å². The van der Waals surface area contributed by atoms with E-state index in [1.807, 2.05) is 42.0 Å². The number of aliphatic hydroxyl groups excluding tert-OH is 1. The van der Waals surface area contributed by atoms with Crippen molar-refractivity contribution in [1.82, 2.24) is 24.3 Å². The van der Waals surface area contributed by atoms with Crippen LogP contribution in [0.2, 0.25) is 0 Å². The molecule has 9 heteroatoms. The van der Waals surface area contributed by atoms with Gasteiger partial charge >= 0.3 is 5.69 Å². The second kappa shape index (κ2) is 9.01. The quantitative estimate of drug-likeness (QED) is 0.483.